The summed E-state index contributed by atoms with van der Waals surface area (Å²) < 4.78 is 34.0. The van der Waals surface area contributed by atoms with E-state index in [1.807, 2.05) is 12.1 Å². The van der Waals surface area contributed by atoms with E-state index in [4.69, 9.17) is 9.72 Å². The zero-order valence-corrected chi connectivity index (χ0v) is 22.0. The first-order chi connectivity index (χ1) is 18.8. The van der Waals surface area contributed by atoms with E-state index in [-0.39, 0.29) is 42.5 Å². The summed E-state index contributed by atoms with van der Waals surface area (Å²) in [5, 5.41) is 15.3. The van der Waals surface area contributed by atoms with Crippen molar-refractivity contribution < 1.29 is 18.6 Å². The number of aliphatic hydroxyl groups is 1. The molecular formula is C29H35F2N5O3. The van der Waals surface area contributed by atoms with Gasteiger partial charge < -0.3 is 15.2 Å². The van der Waals surface area contributed by atoms with Crippen molar-refractivity contribution in [3.63, 3.8) is 0 Å². The molecule has 10 heteroatoms. The summed E-state index contributed by atoms with van der Waals surface area (Å²) in [5.41, 5.74) is 1.92. The summed E-state index contributed by atoms with van der Waals surface area (Å²) in [7, 11) is 0. The second-order valence-corrected chi connectivity index (χ2v) is 12.3. The van der Waals surface area contributed by atoms with Crippen molar-refractivity contribution >= 4 is 27.8 Å². The maximum absolute atomic E-state index is 14.1. The first-order valence-electron chi connectivity index (χ1n) is 14.2. The van der Waals surface area contributed by atoms with Crippen LogP contribution in [0, 0.1) is 5.41 Å². The van der Waals surface area contributed by atoms with Gasteiger partial charge in [0.1, 0.15) is 5.65 Å². The van der Waals surface area contributed by atoms with Crippen LogP contribution in [0.3, 0.4) is 0 Å². The number of pyridine rings is 1. The molecular weight excluding hydrogens is 504 g/mol. The molecule has 1 aromatic carbocycles. The highest BCUT2D eigenvalue weighted by atomic mass is 19.3. The third-order valence-electron chi connectivity index (χ3n) is 9.41. The predicted octanol–water partition coefficient (Wildman–Crippen LogP) is 4.24. The van der Waals surface area contributed by atoms with E-state index < -0.39 is 5.92 Å². The van der Waals surface area contributed by atoms with Crippen LogP contribution >= 0.6 is 0 Å². The molecule has 7 rings (SSSR count). The van der Waals surface area contributed by atoms with Gasteiger partial charge in [0.2, 0.25) is 5.95 Å². The number of halogens is 2. The minimum absolute atomic E-state index is 0.0878. The van der Waals surface area contributed by atoms with E-state index in [2.05, 4.69) is 21.3 Å². The van der Waals surface area contributed by atoms with E-state index >= 15 is 0 Å². The average Bonchev–Trinajstić information content (AvgIpc) is 2.88. The van der Waals surface area contributed by atoms with Crippen molar-refractivity contribution in [1.82, 2.24) is 19.4 Å². The van der Waals surface area contributed by atoms with Gasteiger partial charge in [-0.15, -0.1) is 0 Å². The number of hydrogen-bond donors (Lipinski definition) is 2. The number of rotatable bonds is 5. The van der Waals surface area contributed by atoms with Gasteiger partial charge in [-0.1, -0.05) is 12.1 Å². The van der Waals surface area contributed by atoms with Crippen molar-refractivity contribution in [2.45, 2.75) is 82.0 Å². The third-order valence-corrected chi connectivity index (χ3v) is 9.41. The number of piperidine rings is 1. The molecule has 0 unspecified atom stereocenters. The van der Waals surface area contributed by atoms with Crippen molar-refractivity contribution in [3.8, 4) is 0 Å². The second-order valence-electron chi connectivity index (χ2n) is 12.3. The number of likely N-dealkylation sites (tertiary alicyclic amines) is 1. The lowest BCUT2D eigenvalue weighted by molar-refractivity contribution is -0.140. The van der Waals surface area contributed by atoms with E-state index in [1.165, 1.54) is 0 Å². The van der Waals surface area contributed by atoms with Gasteiger partial charge in [-0.25, -0.2) is 13.8 Å². The highest BCUT2D eigenvalue weighted by Crippen LogP contribution is 2.40. The van der Waals surface area contributed by atoms with Crippen molar-refractivity contribution in [2.24, 2.45) is 5.41 Å². The number of alkyl halides is 2. The highest BCUT2D eigenvalue weighted by Gasteiger charge is 2.45. The molecule has 0 bridgehead atoms. The zero-order valence-electron chi connectivity index (χ0n) is 22.0. The SMILES string of the molecule is O=c1c2cc(CN3CCC4(CC3)COC4)ccc2c2cnc(NC3CC(F)(F)C3)nc2n1C1CCC(O)CC1. The van der Waals surface area contributed by atoms with Crippen molar-refractivity contribution in [3.05, 3.63) is 40.3 Å². The lowest BCUT2D eigenvalue weighted by atomic mass is 9.77. The first-order valence-corrected chi connectivity index (χ1v) is 14.2. The normalized spacial score (nSPS) is 26.9. The molecule has 2 saturated carbocycles. The number of nitrogens with zero attached hydrogens (tertiary/aromatic N) is 4. The van der Waals surface area contributed by atoms with Crippen LogP contribution in [0.5, 0.6) is 0 Å². The van der Waals surface area contributed by atoms with Gasteiger partial charge in [0.25, 0.3) is 11.5 Å². The number of ether oxygens (including phenoxy) is 1. The molecule has 3 aromatic rings. The Morgan fingerprint density at radius 2 is 1.79 bits per heavy atom. The zero-order chi connectivity index (χ0) is 26.8. The Balaban J connectivity index is 1.24. The summed E-state index contributed by atoms with van der Waals surface area (Å²) in [6, 6.07) is 5.63. The fraction of sp³-hybridized carbons (Fsp3) is 0.621. The lowest BCUT2D eigenvalue weighted by Crippen LogP contribution is -2.50. The van der Waals surface area contributed by atoms with Gasteiger partial charge in [-0.2, -0.15) is 4.98 Å². The first kappa shape index (κ1) is 25.3. The van der Waals surface area contributed by atoms with Gasteiger partial charge >= 0.3 is 0 Å². The van der Waals surface area contributed by atoms with E-state index in [0.29, 0.717) is 42.1 Å². The minimum Gasteiger partial charge on any atom is -0.393 e. The second kappa shape index (κ2) is 9.45. The number of fused-ring (bicyclic) bond motifs is 3. The number of aliphatic hydroxyl groups excluding tert-OH is 1. The Bertz CT molecular complexity index is 1450. The van der Waals surface area contributed by atoms with Gasteiger partial charge in [0, 0.05) is 53.9 Å². The fourth-order valence-corrected chi connectivity index (χ4v) is 6.87. The monoisotopic (exact) mass is 539 g/mol. The molecule has 0 atom stereocenters. The molecule has 2 N–H and O–H groups in total. The standard InChI is InChI=1S/C29H35F2N5O3/c30-29(31)12-19(13-29)33-27-32-14-24-22-6-1-18(15-35-9-7-28(8-10-35)16-39-17-28)11-23(22)26(38)36(25(24)34-27)20-2-4-21(37)5-3-20/h1,6,11,14,19-21,37H,2-5,7-10,12-13,15-17H2,(H,32,33,34). The molecule has 4 heterocycles. The van der Waals surface area contributed by atoms with Crippen molar-refractivity contribution in [2.75, 3.05) is 31.6 Å². The van der Waals surface area contributed by atoms with Crippen LogP contribution in [0.25, 0.3) is 21.8 Å². The van der Waals surface area contributed by atoms with Gasteiger partial charge in [-0.3, -0.25) is 14.3 Å². The number of hydrogen-bond acceptors (Lipinski definition) is 7. The van der Waals surface area contributed by atoms with Crippen LogP contribution in [0.1, 0.15) is 63.0 Å². The molecule has 208 valence electrons. The molecule has 1 spiro atoms. The fourth-order valence-electron chi connectivity index (χ4n) is 6.87. The smallest absolute Gasteiger partial charge is 0.260 e. The van der Waals surface area contributed by atoms with E-state index in [0.717, 1.165) is 62.0 Å². The summed E-state index contributed by atoms with van der Waals surface area (Å²) in [5.74, 6) is -2.38. The average molecular weight is 540 g/mol. The largest absolute Gasteiger partial charge is 0.393 e. The van der Waals surface area contributed by atoms with Crippen LogP contribution in [0.15, 0.2) is 29.2 Å². The minimum atomic E-state index is -2.64. The molecule has 2 aliphatic carbocycles. The Hall–Kier alpha value is -2.69. The summed E-state index contributed by atoms with van der Waals surface area (Å²) >= 11 is 0. The Labute approximate surface area is 225 Å². The number of benzene rings is 1. The molecule has 8 nitrogen and oxygen atoms in total. The van der Waals surface area contributed by atoms with Gasteiger partial charge in [-0.05, 0) is 68.6 Å². The van der Waals surface area contributed by atoms with Crippen LogP contribution < -0.4 is 10.9 Å². The van der Waals surface area contributed by atoms with Crippen LogP contribution in [0.4, 0.5) is 14.7 Å². The lowest BCUT2D eigenvalue weighted by Gasteiger charge is -2.47. The highest BCUT2D eigenvalue weighted by molar-refractivity contribution is 6.04. The summed E-state index contributed by atoms with van der Waals surface area (Å²) in [6.07, 6.45) is 5.80. The van der Waals surface area contributed by atoms with Gasteiger partial charge in [0.15, 0.2) is 0 Å². The van der Waals surface area contributed by atoms with E-state index in [9.17, 15) is 18.7 Å². The Morgan fingerprint density at radius 1 is 1.05 bits per heavy atom. The Kier molecular flexibility index (Phi) is 6.13. The quantitative estimate of drug-likeness (QED) is 0.469. The maximum atomic E-state index is 14.1. The molecule has 0 amide bonds. The maximum Gasteiger partial charge on any atom is 0.260 e. The predicted molar refractivity (Wildman–Crippen MR) is 144 cm³/mol. The molecule has 2 saturated heterocycles. The van der Waals surface area contributed by atoms with Gasteiger partial charge in [0.05, 0.1) is 19.3 Å². The van der Waals surface area contributed by atoms with Crippen molar-refractivity contribution in [1.29, 1.82) is 0 Å². The van der Waals surface area contributed by atoms with Crippen LogP contribution in [0.2, 0.25) is 0 Å². The third kappa shape index (κ3) is 4.70. The number of anilines is 1. The number of aromatic nitrogens is 3. The summed E-state index contributed by atoms with van der Waals surface area (Å²) in [6.45, 7) is 4.63. The topological polar surface area (TPSA) is 92.5 Å². The number of nitrogens with one attached hydrogen (secondary N) is 1. The Morgan fingerprint density at radius 3 is 2.46 bits per heavy atom. The molecule has 4 aliphatic rings. The molecule has 2 aromatic heterocycles. The van der Waals surface area contributed by atoms with E-state index in [1.54, 1.807) is 10.8 Å². The molecule has 2 aliphatic heterocycles. The molecule has 0 radical (unpaired) electrons. The molecule has 39 heavy (non-hydrogen) atoms. The van der Waals surface area contributed by atoms with Crippen LogP contribution in [-0.4, -0.2) is 68.9 Å². The van der Waals surface area contributed by atoms with Crippen LogP contribution in [-0.2, 0) is 11.3 Å². The molecule has 4 fully saturated rings. The summed E-state index contributed by atoms with van der Waals surface area (Å²) in [4.78, 5) is 25.7.